The second kappa shape index (κ2) is 3.93. The maximum Gasteiger partial charge on any atom is 0.0621 e. The minimum absolute atomic E-state index is 0.0987. The second-order valence-electron chi connectivity index (χ2n) is 1.96. The average molecular weight is 192 g/mol. The van der Waals surface area contributed by atoms with Crippen LogP contribution in [0.5, 0.6) is 0 Å². The zero-order valence-electron chi connectivity index (χ0n) is 5.51. The first-order valence-corrected chi connectivity index (χ1v) is 3.69. The van der Waals surface area contributed by atoms with E-state index in [1.54, 1.807) is 18.2 Å². The third kappa shape index (κ3) is 2.07. The van der Waals surface area contributed by atoms with Crippen molar-refractivity contribution in [3.63, 3.8) is 0 Å². The predicted octanol–water partition coefficient (Wildman–Crippen LogP) is 1.79. The minimum atomic E-state index is -0.0987. The van der Waals surface area contributed by atoms with Crippen molar-refractivity contribution in [2.45, 2.75) is 6.61 Å². The number of hydrogen-bond donors (Lipinski definition) is 0. The van der Waals surface area contributed by atoms with Gasteiger partial charge in [0.2, 0.25) is 0 Å². The minimum Gasteiger partial charge on any atom is -0.723 e. The summed E-state index contributed by atoms with van der Waals surface area (Å²) >= 11 is 11.4. The third-order valence-electron chi connectivity index (χ3n) is 1.26. The van der Waals surface area contributed by atoms with Crippen LogP contribution in [0.1, 0.15) is 5.56 Å². The monoisotopic (exact) mass is 191 g/mol. The molecule has 2 nitrogen and oxygen atoms in total. The SMILES string of the molecule is [O-]OCc1c(Cl)cccc1Cl. The molecule has 0 atom stereocenters. The highest BCUT2D eigenvalue weighted by Gasteiger charge is 2.02. The summed E-state index contributed by atoms with van der Waals surface area (Å²) in [5, 5.41) is 10.7. The van der Waals surface area contributed by atoms with Gasteiger partial charge in [-0.05, 0) is 12.1 Å². The van der Waals surface area contributed by atoms with Gasteiger partial charge in [0.1, 0.15) is 0 Å². The molecular formula is C7H5Cl2O2-. The lowest BCUT2D eigenvalue weighted by Crippen LogP contribution is -2.05. The van der Waals surface area contributed by atoms with Crippen molar-refractivity contribution in [3.8, 4) is 0 Å². The maximum absolute atomic E-state index is 9.79. The number of rotatable bonds is 2. The van der Waals surface area contributed by atoms with Crippen LogP contribution in [0.15, 0.2) is 18.2 Å². The zero-order valence-corrected chi connectivity index (χ0v) is 7.02. The van der Waals surface area contributed by atoms with E-state index in [0.717, 1.165) is 0 Å². The molecule has 0 aliphatic heterocycles. The molecule has 0 aliphatic carbocycles. The van der Waals surface area contributed by atoms with Gasteiger partial charge < -0.3 is 10.1 Å². The van der Waals surface area contributed by atoms with Crippen LogP contribution >= 0.6 is 23.2 Å². The van der Waals surface area contributed by atoms with Crippen molar-refractivity contribution < 1.29 is 10.1 Å². The molecule has 0 unspecified atom stereocenters. The van der Waals surface area contributed by atoms with Crippen molar-refractivity contribution in [3.05, 3.63) is 33.8 Å². The molecule has 1 rings (SSSR count). The highest BCUT2D eigenvalue weighted by molar-refractivity contribution is 6.35. The van der Waals surface area contributed by atoms with Crippen LogP contribution in [-0.4, -0.2) is 0 Å². The first-order valence-electron chi connectivity index (χ1n) is 2.93. The zero-order chi connectivity index (χ0) is 8.27. The molecule has 0 spiro atoms. The van der Waals surface area contributed by atoms with Gasteiger partial charge in [0.15, 0.2) is 0 Å². The number of benzene rings is 1. The lowest BCUT2D eigenvalue weighted by atomic mass is 10.2. The van der Waals surface area contributed by atoms with E-state index in [-0.39, 0.29) is 6.61 Å². The molecule has 0 fully saturated rings. The molecule has 0 aliphatic rings. The van der Waals surface area contributed by atoms with Gasteiger partial charge in [0.25, 0.3) is 0 Å². The molecule has 0 saturated carbocycles. The Morgan fingerprint density at radius 3 is 2.27 bits per heavy atom. The standard InChI is InChI=1S/C7H6Cl2O2/c8-6-2-1-3-7(9)5(6)4-11-10/h1-3,10H,4H2/p-1. The van der Waals surface area contributed by atoms with Crippen LogP contribution < -0.4 is 5.26 Å². The summed E-state index contributed by atoms with van der Waals surface area (Å²) in [6.07, 6.45) is 0. The Morgan fingerprint density at radius 2 is 1.82 bits per heavy atom. The third-order valence-corrected chi connectivity index (χ3v) is 1.97. The molecule has 0 N–H and O–H groups in total. The summed E-state index contributed by atoms with van der Waals surface area (Å²) in [6, 6.07) is 5.02. The van der Waals surface area contributed by atoms with E-state index in [1.807, 2.05) is 0 Å². The number of hydrogen-bond acceptors (Lipinski definition) is 2. The van der Waals surface area contributed by atoms with E-state index < -0.39 is 0 Å². The van der Waals surface area contributed by atoms with Crippen LogP contribution in [0, 0.1) is 0 Å². The molecule has 11 heavy (non-hydrogen) atoms. The molecule has 0 radical (unpaired) electrons. The Bertz CT molecular complexity index is 230. The van der Waals surface area contributed by atoms with Crippen LogP contribution in [0.3, 0.4) is 0 Å². The topological polar surface area (TPSA) is 32.3 Å². The van der Waals surface area contributed by atoms with Gasteiger partial charge in [-0.15, -0.1) is 0 Å². The van der Waals surface area contributed by atoms with E-state index in [4.69, 9.17) is 23.2 Å². The van der Waals surface area contributed by atoms with Gasteiger partial charge in [-0.1, -0.05) is 29.3 Å². The maximum atomic E-state index is 9.79. The van der Waals surface area contributed by atoms with Crippen molar-refractivity contribution in [2.75, 3.05) is 0 Å². The quantitative estimate of drug-likeness (QED) is 0.528. The molecule has 0 amide bonds. The molecule has 60 valence electrons. The summed E-state index contributed by atoms with van der Waals surface area (Å²) in [7, 11) is 0. The fourth-order valence-electron chi connectivity index (χ4n) is 0.729. The van der Waals surface area contributed by atoms with Gasteiger partial charge in [0, 0.05) is 15.6 Å². The van der Waals surface area contributed by atoms with Crippen molar-refractivity contribution >= 4 is 23.2 Å². The van der Waals surface area contributed by atoms with Gasteiger partial charge in [-0.25, -0.2) is 0 Å². The second-order valence-corrected chi connectivity index (χ2v) is 2.78. The van der Waals surface area contributed by atoms with Crippen molar-refractivity contribution in [1.82, 2.24) is 0 Å². The molecule has 1 aromatic carbocycles. The van der Waals surface area contributed by atoms with Crippen LogP contribution in [0.25, 0.3) is 0 Å². The summed E-state index contributed by atoms with van der Waals surface area (Å²) < 4.78 is 0. The Hall–Kier alpha value is -0.280. The Morgan fingerprint density at radius 1 is 1.27 bits per heavy atom. The van der Waals surface area contributed by atoms with E-state index in [2.05, 4.69) is 4.89 Å². The van der Waals surface area contributed by atoms with Crippen LogP contribution in [0.4, 0.5) is 0 Å². The van der Waals surface area contributed by atoms with E-state index in [1.165, 1.54) is 0 Å². The lowest BCUT2D eigenvalue weighted by Gasteiger charge is -2.09. The van der Waals surface area contributed by atoms with Gasteiger partial charge >= 0.3 is 0 Å². The van der Waals surface area contributed by atoms with Gasteiger partial charge in [-0.2, -0.15) is 0 Å². The van der Waals surface area contributed by atoms with Crippen LogP contribution in [-0.2, 0) is 11.5 Å². The smallest absolute Gasteiger partial charge is 0.0621 e. The molecule has 0 bridgehead atoms. The normalized spacial score (nSPS) is 10.1. The van der Waals surface area contributed by atoms with Gasteiger partial charge in [-0.3, -0.25) is 0 Å². The van der Waals surface area contributed by atoms with Crippen LogP contribution in [0.2, 0.25) is 10.0 Å². The van der Waals surface area contributed by atoms with Crippen molar-refractivity contribution in [2.24, 2.45) is 0 Å². The molecule has 0 aromatic heterocycles. The predicted molar refractivity (Wildman–Crippen MR) is 41.3 cm³/mol. The molecular weight excluding hydrogens is 187 g/mol. The average Bonchev–Trinajstić information content (AvgIpc) is 1.97. The molecule has 4 heteroatoms. The molecule has 0 heterocycles. The van der Waals surface area contributed by atoms with E-state index in [0.29, 0.717) is 15.6 Å². The fourth-order valence-corrected chi connectivity index (χ4v) is 1.24. The summed E-state index contributed by atoms with van der Waals surface area (Å²) in [6.45, 7) is -0.0987. The summed E-state index contributed by atoms with van der Waals surface area (Å²) in [4.78, 5) is 3.67. The fraction of sp³-hybridized carbons (Fsp3) is 0.143. The Balaban J connectivity index is 3.00. The Labute approximate surface area is 74.2 Å². The molecule has 0 saturated heterocycles. The highest BCUT2D eigenvalue weighted by atomic mass is 35.5. The van der Waals surface area contributed by atoms with E-state index in [9.17, 15) is 5.26 Å². The lowest BCUT2D eigenvalue weighted by molar-refractivity contribution is -0.695. The van der Waals surface area contributed by atoms with E-state index >= 15 is 0 Å². The number of halogens is 2. The first kappa shape index (κ1) is 8.81. The van der Waals surface area contributed by atoms with Crippen molar-refractivity contribution in [1.29, 1.82) is 0 Å². The Kier molecular flexibility index (Phi) is 3.15. The summed E-state index contributed by atoms with van der Waals surface area (Å²) in [5.74, 6) is 0. The first-order chi connectivity index (χ1) is 5.25. The highest BCUT2D eigenvalue weighted by Crippen LogP contribution is 2.24. The largest absolute Gasteiger partial charge is 0.723 e. The van der Waals surface area contributed by atoms with Gasteiger partial charge in [0.05, 0.1) is 6.61 Å². The molecule has 1 aromatic rings. The summed E-state index contributed by atoms with van der Waals surface area (Å²) in [5.41, 5.74) is 0.533.